The molecule has 0 atom stereocenters. The van der Waals surface area contributed by atoms with Gasteiger partial charge >= 0.3 is 24.1 Å². The lowest BCUT2D eigenvalue weighted by atomic mass is 10.2. The summed E-state index contributed by atoms with van der Waals surface area (Å²) in [6, 6.07) is 33.8. The van der Waals surface area contributed by atoms with Crippen molar-refractivity contribution in [3.05, 3.63) is 157 Å². The number of urea groups is 4. The Kier molecular flexibility index (Phi) is 13.1. The van der Waals surface area contributed by atoms with Crippen molar-refractivity contribution in [3.8, 4) is 11.5 Å². The van der Waals surface area contributed by atoms with Gasteiger partial charge in [-0.25, -0.2) is 45.5 Å². The van der Waals surface area contributed by atoms with Crippen LogP contribution >= 0.6 is 0 Å². The monoisotopic (exact) mass is 862 g/mol. The molecule has 0 saturated heterocycles. The van der Waals surface area contributed by atoms with Gasteiger partial charge in [0, 0.05) is 34.1 Å². The molecule has 0 unspecified atom stereocenters. The predicted molar refractivity (Wildman–Crippen MR) is 232 cm³/mol. The van der Waals surface area contributed by atoms with Crippen molar-refractivity contribution in [2.75, 3.05) is 31.9 Å². The Morgan fingerprint density at radius 1 is 0.344 bits per heavy atom. The first-order chi connectivity index (χ1) is 29.1. The molecule has 17 nitrogen and oxygen atoms in total. The highest BCUT2D eigenvalue weighted by Gasteiger charge is 2.20. The molecule has 0 aliphatic carbocycles. The minimum absolute atomic E-state index is 0.207. The molecule has 61 heavy (non-hydrogen) atoms. The number of hydrogen-bond acceptors (Lipinski definition) is 9. The van der Waals surface area contributed by atoms with E-state index in [1.165, 1.54) is 97.1 Å². The van der Waals surface area contributed by atoms with E-state index in [0.717, 1.165) is 11.1 Å². The van der Waals surface area contributed by atoms with E-state index < -0.39 is 44.2 Å². The average molecular weight is 863 g/mol. The van der Waals surface area contributed by atoms with Crippen LogP contribution in [-0.2, 0) is 20.0 Å². The van der Waals surface area contributed by atoms with Gasteiger partial charge in [0.1, 0.15) is 11.5 Å². The summed E-state index contributed by atoms with van der Waals surface area (Å²) in [5.74, 6) is 0.718. The van der Waals surface area contributed by atoms with Crippen LogP contribution in [0.4, 0.5) is 53.3 Å². The van der Waals surface area contributed by atoms with Crippen LogP contribution in [0, 0.1) is 13.8 Å². The zero-order chi connectivity index (χ0) is 43.6. The molecule has 8 amide bonds. The Balaban J connectivity index is 0.930. The van der Waals surface area contributed by atoms with Gasteiger partial charge in [-0.3, -0.25) is 0 Å². The van der Waals surface area contributed by atoms with E-state index in [4.69, 9.17) is 4.74 Å². The van der Waals surface area contributed by atoms with Crippen LogP contribution in [0.1, 0.15) is 11.1 Å². The van der Waals surface area contributed by atoms with Crippen LogP contribution in [0.5, 0.6) is 11.5 Å². The highest BCUT2D eigenvalue weighted by Crippen LogP contribution is 2.25. The van der Waals surface area contributed by atoms with Crippen molar-refractivity contribution in [1.29, 1.82) is 0 Å². The number of ether oxygens (including phenoxy) is 1. The smallest absolute Gasteiger partial charge is 0.333 e. The van der Waals surface area contributed by atoms with Crippen molar-refractivity contribution < 1.29 is 40.8 Å². The summed E-state index contributed by atoms with van der Waals surface area (Å²) in [6.45, 7) is 3.84. The van der Waals surface area contributed by atoms with Gasteiger partial charge in [-0.2, -0.15) is 0 Å². The van der Waals surface area contributed by atoms with Gasteiger partial charge in [0.15, 0.2) is 0 Å². The summed E-state index contributed by atoms with van der Waals surface area (Å²) in [5.41, 5.74) is 4.42. The molecule has 0 heterocycles. The molecule has 312 valence electrons. The van der Waals surface area contributed by atoms with Crippen molar-refractivity contribution in [2.45, 2.75) is 23.6 Å². The molecule has 0 radical (unpaired) electrons. The lowest BCUT2D eigenvalue weighted by molar-refractivity contribution is 0.255. The maximum absolute atomic E-state index is 12.8. The molecule has 19 heteroatoms. The number of sulfonamides is 2. The van der Waals surface area contributed by atoms with Gasteiger partial charge < -0.3 is 36.6 Å². The molecule has 0 aromatic heterocycles. The number of benzene rings is 6. The normalized spacial score (nSPS) is 11.0. The molecule has 0 saturated carbocycles. The van der Waals surface area contributed by atoms with E-state index in [1.807, 2.05) is 47.6 Å². The van der Waals surface area contributed by atoms with Crippen molar-refractivity contribution >= 4 is 78.3 Å². The summed E-state index contributed by atoms with van der Waals surface area (Å²) < 4.78 is 61.0. The SMILES string of the molecule is Cc1ccc(NC(=O)Nc2ccc(S(=O)(=O)NC(=O)Nc3ccc(Oc4ccc(NC(=O)NS(=O)(=O)c5ccc(NC(=O)Nc6ccc(C)cc6)cc5)cc4)cc3)cc2)cc1. The minimum Gasteiger partial charge on any atom is -0.457 e. The fraction of sp³-hybridized carbons (Fsp3) is 0.0476. The largest absolute Gasteiger partial charge is 0.457 e. The Hall–Kier alpha value is -7.90. The fourth-order valence-electron chi connectivity index (χ4n) is 5.32. The number of aryl methyl sites for hydroxylation is 2. The van der Waals surface area contributed by atoms with Crippen LogP contribution in [-0.4, -0.2) is 41.0 Å². The van der Waals surface area contributed by atoms with E-state index >= 15 is 0 Å². The zero-order valence-electron chi connectivity index (χ0n) is 32.3. The second kappa shape index (κ2) is 18.8. The van der Waals surface area contributed by atoms with Crippen LogP contribution in [0.25, 0.3) is 0 Å². The number of anilines is 6. The Labute approximate surface area is 351 Å². The maximum atomic E-state index is 12.8. The van der Waals surface area contributed by atoms with Gasteiger partial charge in [0.05, 0.1) is 9.79 Å². The average Bonchev–Trinajstić information content (AvgIpc) is 3.21. The van der Waals surface area contributed by atoms with E-state index in [-0.39, 0.29) is 21.2 Å². The highest BCUT2D eigenvalue weighted by atomic mass is 32.2. The van der Waals surface area contributed by atoms with Crippen LogP contribution < -0.4 is 46.1 Å². The van der Waals surface area contributed by atoms with E-state index in [9.17, 15) is 36.0 Å². The third-order valence-electron chi connectivity index (χ3n) is 8.38. The predicted octanol–water partition coefficient (Wildman–Crippen LogP) is 8.40. The number of rotatable bonds is 12. The Bertz CT molecular complexity index is 2560. The first-order valence-corrected chi connectivity index (χ1v) is 21.1. The molecule has 0 bridgehead atoms. The maximum Gasteiger partial charge on any atom is 0.333 e. The zero-order valence-corrected chi connectivity index (χ0v) is 34.0. The highest BCUT2D eigenvalue weighted by molar-refractivity contribution is 7.90. The van der Waals surface area contributed by atoms with Crippen LogP contribution in [0.15, 0.2) is 155 Å². The number of hydrogen-bond donors (Lipinski definition) is 8. The quantitative estimate of drug-likeness (QED) is 0.0588. The number of nitrogens with one attached hydrogen (secondary N) is 8. The van der Waals surface area contributed by atoms with E-state index in [1.54, 1.807) is 24.3 Å². The lowest BCUT2D eigenvalue weighted by Gasteiger charge is -2.12. The first-order valence-electron chi connectivity index (χ1n) is 18.1. The van der Waals surface area contributed by atoms with Crippen LogP contribution in [0.3, 0.4) is 0 Å². The van der Waals surface area contributed by atoms with E-state index in [0.29, 0.717) is 34.2 Å². The fourth-order valence-corrected chi connectivity index (χ4v) is 7.13. The Morgan fingerprint density at radius 2 is 0.574 bits per heavy atom. The number of carbonyl (C=O) groups excluding carboxylic acids is 4. The van der Waals surface area contributed by atoms with Gasteiger partial charge in [0.25, 0.3) is 20.0 Å². The first kappa shape index (κ1) is 42.7. The van der Waals surface area contributed by atoms with Gasteiger partial charge in [-0.15, -0.1) is 0 Å². The summed E-state index contributed by atoms with van der Waals surface area (Å²) in [6.07, 6.45) is 0. The number of carbonyl (C=O) groups is 4. The third kappa shape index (κ3) is 12.5. The van der Waals surface area contributed by atoms with Gasteiger partial charge in [-0.05, 0) is 135 Å². The molecule has 6 rings (SSSR count). The van der Waals surface area contributed by atoms with Crippen LogP contribution in [0.2, 0.25) is 0 Å². The summed E-state index contributed by atoms with van der Waals surface area (Å²) in [7, 11) is -8.52. The van der Waals surface area contributed by atoms with Gasteiger partial charge in [-0.1, -0.05) is 35.4 Å². The van der Waals surface area contributed by atoms with E-state index in [2.05, 4.69) is 31.9 Å². The molecule has 8 N–H and O–H groups in total. The number of amides is 8. The second-order valence-corrected chi connectivity index (χ2v) is 16.6. The molecule has 0 aliphatic heterocycles. The molecule has 6 aromatic rings. The topological polar surface area (TPSA) is 242 Å². The summed E-state index contributed by atoms with van der Waals surface area (Å²) in [4.78, 5) is 49.3. The Morgan fingerprint density at radius 3 is 0.852 bits per heavy atom. The summed E-state index contributed by atoms with van der Waals surface area (Å²) >= 11 is 0. The second-order valence-electron chi connectivity index (χ2n) is 13.2. The molecule has 6 aromatic carbocycles. The minimum atomic E-state index is -4.26. The molecule has 0 aliphatic rings. The van der Waals surface area contributed by atoms with Crippen molar-refractivity contribution in [1.82, 2.24) is 9.44 Å². The van der Waals surface area contributed by atoms with Crippen molar-refractivity contribution in [2.24, 2.45) is 0 Å². The lowest BCUT2D eigenvalue weighted by Crippen LogP contribution is -2.34. The molecular formula is C42H38N8O9S2. The van der Waals surface area contributed by atoms with Gasteiger partial charge in [0.2, 0.25) is 0 Å². The molecular weight excluding hydrogens is 825 g/mol. The molecule has 0 spiro atoms. The standard InChI is InChI=1S/C42H38N8O9S2/c1-27-3-7-29(8-4-27)43-39(51)45-33-15-23-37(24-16-33)60(55,56)49-41(53)47-31-11-19-35(20-12-31)59-36-21-13-32(14-22-36)48-42(54)50-61(57,58)38-25-17-34(18-26-38)46-40(52)44-30-9-5-28(2)6-10-30/h3-26H,1-2H3,(H2,43,45,51)(H2,44,46,52)(H2,47,49,53)(H2,48,50,54). The summed E-state index contributed by atoms with van der Waals surface area (Å²) in [5, 5.41) is 15.4. The molecule has 0 fully saturated rings. The van der Waals surface area contributed by atoms with Crippen molar-refractivity contribution in [3.63, 3.8) is 0 Å². The third-order valence-corrected chi connectivity index (χ3v) is 11.1.